The molecular formula is C18H16N2O. The molecule has 0 fully saturated rings. The standard InChI is InChI=1S/C18H16N2O/c1-12-11-14(19)9-10-17(12)20-18(21)16-8-4-6-13-5-2-3-7-15(13)16/h2-11H,19H2,1H3,(H,20,21). The number of benzene rings is 3. The molecule has 0 radical (unpaired) electrons. The van der Waals surface area contributed by atoms with Crippen LogP contribution in [0.3, 0.4) is 0 Å². The van der Waals surface area contributed by atoms with Crippen LogP contribution < -0.4 is 11.1 Å². The first-order valence-electron chi connectivity index (χ1n) is 6.80. The van der Waals surface area contributed by atoms with Crippen LogP contribution in [0.1, 0.15) is 15.9 Å². The van der Waals surface area contributed by atoms with Crippen LogP contribution in [-0.4, -0.2) is 5.91 Å². The molecule has 0 saturated heterocycles. The first kappa shape index (κ1) is 13.2. The van der Waals surface area contributed by atoms with E-state index in [-0.39, 0.29) is 5.91 Å². The Morgan fingerprint density at radius 3 is 2.57 bits per heavy atom. The Labute approximate surface area is 123 Å². The second-order valence-corrected chi connectivity index (χ2v) is 5.06. The van der Waals surface area contributed by atoms with E-state index < -0.39 is 0 Å². The van der Waals surface area contributed by atoms with Gasteiger partial charge in [-0.25, -0.2) is 0 Å². The highest BCUT2D eigenvalue weighted by Gasteiger charge is 2.11. The number of hydrogen-bond acceptors (Lipinski definition) is 2. The molecular weight excluding hydrogens is 260 g/mol. The lowest BCUT2D eigenvalue weighted by atomic mass is 10.0. The molecule has 0 spiro atoms. The fourth-order valence-electron chi connectivity index (χ4n) is 2.44. The largest absolute Gasteiger partial charge is 0.399 e. The maximum atomic E-state index is 12.5. The molecule has 0 saturated carbocycles. The number of nitrogen functional groups attached to an aromatic ring is 1. The van der Waals surface area contributed by atoms with Crippen LogP contribution in [0.25, 0.3) is 10.8 Å². The Bertz CT molecular complexity index is 819. The molecule has 0 heterocycles. The first-order chi connectivity index (χ1) is 10.1. The van der Waals surface area contributed by atoms with E-state index >= 15 is 0 Å². The highest BCUT2D eigenvalue weighted by atomic mass is 16.1. The molecule has 3 rings (SSSR count). The summed E-state index contributed by atoms with van der Waals surface area (Å²) in [6, 6.07) is 19.1. The van der Waals surface area contributed by atoms with Crippen LogP contribution >= 0.6 is 0 Å². The smallest absolute Gasteiger partial charge is 0.256 e. The van der Waals surface area contributed by atoms with Gasteiger partial charge in [0.05, 0.1) is 0 Å². The van der Waals surface area contributed by atoms with Crippen molar-refractivity contribution in [1.82, 2.24) is 0 Å². The lowest BCUT2D eigenvalue weighted by Gasteiger charge is -2.10. The molecule has 1 amide bonds. The Morgan fingerprint density at radius 1 is 1.00 bits per heavy atom. The maximum Gasteiger partial charge on any atom is 0.256 e. The number of carbonyl (C=O) groups is 1. The van der Waals surface area contributed by atoms with Gasteiger partial charge in [-0.15, -0.1) is 0 Å². The summed E-state index contributed by atoms with van der Waals surface area (Å²) in [4.78, 5) is 12.5. The van der Waals surface area contributed by atoms with E-state index in [1.807, 2.05) is 61.5 Å². The molecule has 0 bridgehead atoms. The van der Waals surface area contributed by atoms with Gasteiger partial charge in [-0.2, -0.15) is 0 Å². The van der Waals surface area contributed by atoms with Crippen molar-refractivity contribution in [1.29, 1.82) is 0 Å². The van der Waals surface area contributed by atoms with Crippen molar-refractivity contribution in [3.8, 4) is 0 Å². The number of rotatable bonds is 2. The monoisotopic (exact) mass is 276 g/mol. The zero-order chi connectivity index (χ0) is 14.8. The fraction of sp³-hybridized carbons (Fsp3) is 0.0556. The van der Waals surface area contributed by atoms with Crippen molar-refractivity contribution < 1.29 is 4.79 Å². The minimum atomic E-state index is -0.111. The van der Waals surface area contributed by atoms with E-state index in [4.69, 9.17) is 5.73 Å². The molecule has 0 unspecified atom stereocenters. The molecule has 0 aromatic heterocycles. The number of anilines is 2. The predicted octanol–water partition coefficient (Wildman–Crippen LogP) is 3.98. The van der Waals surface area contributed by atoms with Crippen molar-refractivity contribution in [2.75, 3.05) is 11.1 Å². The molecule has 3 N–H and O–H groups in total. The summed E-state index contributed by atoms with van der Waals surface area (Å²) in [5.74, 6) is -0.111. The average molecular weight is 276 g/mol. The van der Waals surface area contributed by atoms with E-state index in [1.54, 1.807) is 6.07 Å². The molecule has 0 aliphatic rings. The SMILES string of the molecule is Cc1cc(N)ccc1NC(=O)c1cccc2ccccc12. The Kier molecular flexibility index (Phi) is 3.32. The Hall–Kier alpha value is -2.81. The lowest BCUT2D eigenvalue weighted by molar-refractivity contribution is 0.102. The number of fused-ring (bicyclic) bond motifs is 1. The number of nitrogens with two attached hydrogens (primary N) is 1. The van der Waals surface area contributed by atoms with Crippen molar-refractivity contribution in [2.45, 2.75) is 6.92 Å². The van der Waals surface area contributed by atoms with Gasteiger partial charge in [0, 0.05) is 16.9 Å². The third-order valence-electron chi connectivity index (χ3n) is 3.53. The van der Waals surface area contributed by atoms with Gasteiger partial charge < -0.3 is 11.1 Å². The van der Waals surface area contributed by atoms with Crippen LogP contribution in [0.2, 0.25) is 0 Å². The predicted molar refractivity (Wildman–Crippen MR) is 87.5 cm³/mol. The van der Waals surface area contributed by atoms with Crippen LogP contribution in [0, 0.1) is 6.92 Å². The van der Waals surface area contributed by atoms with Gasteiger partial charge >= 0.3 is 0 Å². The summed E-state index contributed by atoms with van der Waals surface area (Å²) in [6.07, 6.45) is 0. The summed E-state index contributed by atoms with van der Waals surface area (Å²) in [5, 5.41) is 4.96. The van der Waals surface area contributed by atoms with Crippen molar-refractivity contribution in [2.24, 2.45) is 0 Å². The van der Waals surface area contributed by atoms with Crippen LogP contribution in [0.15, 0.2) is 60.7 Å². The highest BCUT2D eigenvalue weighted by Crippen LogP contribution is 2.22. The van der Waals surface area contributed by atoms with E-state index in [0.29, 0.717) is 11.3 Å². The molecule has 3 nitrogen and oxygen atoms in total. The molecule has 0 aliphatic heterocycles. The van der Waals surface area contributed by atoms with Gasteiger partial charge in [-0.3, -0.25) is 4.79 Å². The van der Waals surface area contributed by atoms with Crippen LogP contribution in [0.5, 0.6) is 0 Å². The third kappa shape index (κ3) is 2.58. The number of hydrogen-bond donors (Lipinski definition) is 2. The van der Waals surface area contributed by atoms with E-state index in [2.05, 4.69) is 5.32 Å². The molecule has 21 heavy (non-hydrogen) atoms. The summed E-state index contributed by atoms with van der Waals surface area (Å²) < 4.78 is 0. The van der Waals surface area contributed by atoms with Crippen molar-refractivity contribution in [3.05, 3.63) is 71.8 Å². The van der Waals surface area contributed by atoms with E-state index in [0.717, 1.165) is 22.0 Å². The summed E-state index contributed by atoms with van der Waals surface area (Å²) in [7, 11) is 0. The molecule has 3 aromatic rings. The number of amides is 1. The number of aryl methyl sites for hydroxylation is 1. The van der Waals surface area contributed by atoms with E-state index in [9.17, 15) is 4.79 Å². The quantitative estimate of drug-likeness (QED) is 0.695. The van der Waals surface area contributed by atoms with Crippen LogP contribution in [0.4, 0.5) is 11.4 Å². The Balaban J connectivity index is 1.97. The zero-order valence-corrected chi connectivity index (χ0v) is 11.8. The minimum Gasteiger partial charge on any atom is -0.399 e. The third-order valence-corrected chi connectivity index (χ3v) is 3.53. The van der Waals surface area contributed by atoms with Crippen molar-refractivity contribution >= 4 is 28.1 Å². The fourth-order valence-corrected chi connectivity index (χ4v) is 2.44. The molecule has 104 valence electrons. The Morgan fingerprint density at radius 2 is 1.76 bits per heavy atom. The molecule has 0 aliphatic carbocycles. The van der Waals surface area contributed by atoms with Gasteiger partial charge in [-0.05, 0) is 47.5 Å². The van der Waals surface area contributed by atoms with Gasteiger partial charge in [-0.1, -0.05) is 36.4 Å². The first-order valence-corrected chi connectivity index (χ1v) is 6.80. The van der Waals surface area contributed by atoms with E-state index in [1.165, 1.54) is 0 Å². The molecule has 3 aromatic carbocycles. The van der Waals surface area contributed by atoms with Crippen molar-refractivity contribution in [3.63, 3.8) is 0 Å². The van der Waals surface area contributed by atoms with Gasteiger partial charge in [0.2, 0.25) is 0 Å². The van der Waals surface area contributed by atoms with Crippen LogP contribution in [-0.2, 0) is 0 Å². The van der Waals surface area contributed by atoms with Gasteiger partial charge in [0.15, 0.2) is 0 Å². The maximum absolute atomic E-state index is 12.5. The number of nitrogens with one attached hydrogen (secondary N) is 1. The highest BCUT2D eigenvalue weighted by molar-refractivity contribution is 6.13. The summed E-state index contributed by atoms with van der Waals surface area (Å²) >= 11 is 0. The van der Waals surface area contributed by atoms with Gasteiger partial charge in [0.25, 0.3) is 5.91 Å². The molecule has 0 atom stereocenters. The molecule has 3 heteroatoms. The number of carbonyl (C=O) groups excluding carboxylic acids is 1. The second kappa shape index (κ2) is 5.29. The minimum absolute atomic E-state index is 0.111. The summed E-state index contributed by atoms with van der Waals surface area (Å²) in [5.41, 5.74) is 8.82. The summed E-state index contributed by atoms with van der Waals surface area (Å²) in [6.45, 7) is 1.93. The lowest BCUT2D eigenvalue weighted by Crippen LogP contribution is -2.13. The second-order valence-electron chi connectivity index (χ2n) is 5.06. The topological polar surface area (TPSA) is 55.1 Å². The average Bonchev–Trinajstić information content (AvgIpc) is 2.49. The zero-order valence-electron chi connectivity index (χ0n) is 11.8. The normalized spacial score (nSPS) is 10.5. The van der Waals surface area contributed by atoms with Gasteiger partial charge in [0.1, 0.15) is 0 Å².